The smallest absolute Gasteiger partial charge is 0.361 e. The van der Waals surface area contributed by atoms with Gasteiger partial charge in [0.1, 0.15) is 5.60 Å². The number of halogens is 1. The predicted octanol–water partition coefficient (Wildman–Crippen LogP) is -1.32. The molecule has 0 atom stereocenters. The summed E-state index contributed by atoms with van der Waals surface area (Å²) in [4.78, 5) is 11.6. The van der Waals surface area contributed by atoms with Crippen LogP contribution in [-0.4, -0.2) is 48.8 Å². The number of piperidine rings is 1. The standard InChI is InChI=1S/C16H24NO3.BrH/c1-3-20-15(18)13-17(2)11-9-16(19,10-12-17)14-7-5-4-6-8-14;/h4-8,19H,3,9-13H2,1-2H3;1H/q+1;/p-1. The van der Waals surface area contributed by atoms with Crippen LogP contribution in [0.2, 0.25) is 0 Å². The van der Waals surface area contributed by atoms with E-state index in [2.05, 4.69) is 7.05 Å². The molecule has 4 nitrogen and oxygen atoms in total. The number of esters is 1. The first-order chi connectivity index (χ1) is 9.47. The molecule has 21 heavy (non-hydrogen) atoms. The van der Waals surface area contributed by atoms with Crippen molar-refractivity contribution in [2.45, 2.75) is 25.4 Å². The molecule has 1 aromatic rings. The van der Waals surface area contributed by atoms with Crippen molar-refractivity contribution in [1.29, 1.82) is 0 Å². The van der Waals surface area contributed by atoms with Crippen LogP contribution >= 0.6 is 0 Å². The Morgan fingerprint density at radius 3 is 2.38 bits per heavy atom. The van der Waals surface area contributed by atoms with Gasteiger partial charge >= 0.3 is 5.97 Å². The summed E-state index contributed by atoms with van der Waals surface area (Å²) in [5.41, 5.74) is 0.218. The first-order valence-electron chi connectivity index (χ1n) is 7.24. The van der Waals surface area contributed by atoms with E-state index in [0.29, 0.717) is 30.5 Å². The molecule has 1 aliphatic heterocycles. The van der Waals surface area contributed by atoms with Gasteiger partial charge in [-0.25, -0.2) is 4.79 Å². The highest BCUT2D eigenvalue weighted by molar-refractivity contribution is 5.70. The fourth-order valence-electron chi connectivity index (χ4n) is 2.86. The molecule has 0 unspecified atom stereocenters. The SMILES string of the molecule is CCOC(=O)C[N+]1(C)CCC(O)(c2ccccc2)CC1.[Br-]. The fraction of sp³-hybridized carbons (Fsp3) is 0.562. The van der Waals surface area contributed by atoms with E-state index in [0.717, 1.165) is 18.7 Å². The van der Waals surface area contributed by atoms with Gasteiger partial charge < -0.3 is 31.3 Å². The van der Waals surface area contributed by atoms with E-state index in [9.17, 15) is 9.90 Å². The fourth-order valence-corrected chi connectivity index (χ4v) is 2.86. The Kier molecular flexibility index (Phi) is 6.38. The molecule has 0 saturated carbocycles. The van der Waals surface area contributed by atoms with Crippen LogP contribution < -0.4 is 17.0 Å². The quantitative estimate of drug-likeness (QED) is 0.537. The van der Waals surface area contributed by atoms with Crippen LogP contribution in [0.4, 0.5) is 0 Å². The first kappa shape index (κ1) is 18.1. The van der Waals surface area contributed by atoms with Crippen molar-refractivity contribution in [3.8, 4) is 0 Å². The van der Waals surface area contributed by atoms with Crippen molar-refractivity contribution in [1.82, 2.24) is 0 Å². The number of carbonyl (C=O) groups excluding carboxylic acids is 1. The molecule has 118 valence electrons. The summed E-state index contributed by atoms with van der Waals surface area (Å²) < 4.78 is 5.68. The lowest BCUT2D eigenvalue weighted by molar-refractivity contribution is -0.910. The summed E-state index contributed by atoms with van der Waals surface area (Å²) in [6, 6.07) is 9.81. The monoisotopic (exact) mass is 357 g/mol. The number of carbonyl (C=O) groups is 1. The van der Waals surface area contributed by atoms with Gasteiger partial charge in [0.15, 0.2) is 6.54 Å². The number of rotatable bonds is 4. The van der Waals surface area contributed by atoms with Crippen molar-refractivity contribution in [3.05, 3.63) is 35.9 Å². The van der Waals surface area contributed by atoms with Crippen LogP contribution in [0.3, 0.4) is 0 Å². The van der Waals surface area contributed by atoms with E-state index in [-0.39, 0.29) is 23.0 Å². The van der Waals surface area contributed by atoms with Gasteiger partial charge in [0.2, 0.25) is 0 Å². The minimum atomic E-state index is -0.756. The molecule has 1 aliphatic rings. The predicted molar refractivity (Wildman–Crippen MR) is 77.0 cm³/mol. The third-order valence-electron chi connectivity index (χ3n) is 4.26. The maximum atomic E-state index is 11.6. The van der Waals surface area contributed by atoms with Gasteiger partial charge in [-0.15, -0.1) is 0 Å². The third-order valence-corrected chi connectivity index (χ3v) is 4.26. The van der Waals surface area contributed by atoms with Crippen LogP contribution in [0, 0.1) is 0 Å². The van der Waals surface area contributed by atoms with E-state index in [4.69, 9.17) is 4.74 Å². The maximum absolute atomic E-state index is 11.6. The Balaban J connectivity index is 0.00000220. The van der Waals surface area contributed by atoms with Crippen molar-refractivity contribution >= 4 is 5.97 Å². The topological polar surface area (TPSA) is 46.5 Å². The molecule has 1 saturated heterocycles. The second-order valence-corrected chi connectivity index (χ2v) is 5.93. The average Bonchev–Trinajstić information content (AvgIpc) is 2.44. The van der Waals surface area contributed by atoms with Crippen molar-refractivity contribution in [2.24, 2.45) is 0 Å². The molecule has 0 aliphatic carbocycles. The lowest BCUT2D eigenvalue weighted by Gasteiger charge is -2.43. The summed E-state index contributed by atoms with van der Waals surface area (Å²) in [7, 11) is 2.06. The second kappa shape index (κ2) is 7.38. The van der Waals surface area contributed by atoms with Crippen molar-refractivity contribution in [2.75, 3.05) is 33.3 Å². The Bertz CT molecular complexity index is 456. The lowest BCUT2D eigenvalue weighted by Crippen LogP contribution is -3.00. The number of quaternary nitrogens is 1. The minimum Gasteiger partial charge on any atom is -1.00 e. The highest BCUT2D eigenvalue weighted by Gasteiger charge is 2.41. The van der Waals surface area contributed by atoms with Crippen LogP contribution in [-0.2, 0) is 15.1 Å². The minimum absolute atomic E-state index is 0. The number of likely N-dealkylation sites (N-methyl/N-ethyl adjacent to an activating group) is 1. The number of benzene rings is 1. The first-order valence-corrected chi connectivity index (χ1v) is 7.24. The number of nitrogens with zero attached hydrogens (tertiary/aromatic N) is 1. The summed E-state index contributed by atoms with van der Waals surface area (Å²) in [6.45, 7) is 4.20. The highest BCUT2D eigenvalue weighted by atomic mass is 79.9. The molecule has 0 amide bonds. The zero-order valence-corrected chi connectivity index (χ0v) is 14.3. The number of hydrogen-bond acceptors (Lipinski definition) is 3. The van der Waals surface area contributed by atoms with Crippen LogP contribution in [0.5, 0.6) is 0 Å². The van der Waals surface area contributed by atoms with Gasteiger partial charge in [-0.1, -0.05) is 30.3 Å². The summed E-state index contributed by atoms with van der Waals surface area (Å²) in [5.74, 6) is -0.153. The van der Waals surface area contributed by atoms with Crippen molar-refractivity contribution in [3.63, 3.8) is 0 Å². The van der Waals surface area contributed by atoms with Crippen molar-refractivity contribution < 1.29 is 36.1 Å². The average molecular weight is 358 g/mol. The molecule has 0 radical (unpaired) electrons. The van der Waals surface area contributed by atoms with Crippen LogP contribution in [0.1, 0.15) is 25.3 Å². The molecular weight excluding hydrogens is 334 g/mol. The molecule has 1 fully saturated rings. The molecular formula is C16H24BrNO3. The lowest BCUT2D eigenvalue weighted by atomic mass is 9.83. The zero-order chi connectivity index (χ0) is 14.6. The maximum Gasteiger partial charge on any atom is 0.361 e. The van der Waals surface area contributed by atoms with Gasteiger partial charge in [-0.3, -0.25) is 0 Å². The molecule has 1 aromatic carbocycles. The molecule has 1 heterocycles. The third kappa shape index (κ3) is 4.53. The van der Waals surface area contributed by atoms with E-state index in [1.54, 1.807) is 0 Å². The van der Waals surface area contributed by atoms with Crippen LogP contribution in [0.25, 0.3) is 0 Å². The number of likely N-dealkylation sites (tertiary alicyclic amines) is 1. The normalized spacial score (nSPS) is 28.5. The Labute approximate surface area is 137 Å². The van der Waals surface area contributed by atoms with Gasteiger partial charge in [-0.05, 0) is 12.5 Å². The van der Waals surface area contributed by atoms with Gasteiger partial charge in [0.05, 0.1) is 26.7 Å². The Hall–Kier alpha value is -0.910. The zero-order valence-electron chi connectivity index (χ0n) is 12.7. The number of aliphatic hydroxyl groups is 1. The van der Waals surface area contributed by atoms with E-state index >= 15 is 0 Å². The van der Waals surface area contributed by atoms with E-state index < -0.39 is 5.60 Å². The van der Waals surface area contributed by atoms with Gasteiger partial charge in [0, 0.05) is 12.8 Å². The van der Waals surface area contributed by atoms with E-state index in [1.807, 2.05) is 37.3 Å². The molecule has 0 aromatic heterocycles. The molecule has 1 N–H and O–H groups in total. The Morgan fingerprint density at radius 1 is 1.29 bits per heavy atom. The summed E-state index contributed by atoms with van der Waals surface area (Å²) in [6.07, 6.45) is 1.35. The molecule has 5 heteroatoms. The van der Waals surface area contributed by atoms with Gasteiger partial charge in [0.25, 0.3) is 0 Å². The molecule has 0 bridgehead atoms. The summed E-state index contributed by atoms with van der Waals surface area (Å²) >= 11 is 0. The van der Waals surface area contributed by atoms with Gasteiger partial charge in [-0.2, -0.15) is 0 Å². The molecule has 2 rings (SSSR count). The number of hydrogen-bond donors (Lipinski definition) is 1. The molecule has 0 spiro atoms. The number of ether oxygens (including phenoxy) is 1. The van der Waals surface area contributed by atoms with E-state index in [1.165, 1.54) is 0 Å². The van der Waals surface area contributed by atoms with Crippen LogP contribution in [0.15, 0.2) is 30.3 Å². The highest BCUT2D eigenvalue weighted by Crippen LogP contribution is 2.34. The summed E-state index contributed by atoms with van der Waals surface area (Å²) in [5, 5.41) is 10.8. The Morgan fingerprint density at radius 2 is 1.86 bits per heavy atom. The largest absolute Gasteiger partial charge is 1.00 e. The second-order valence-electron chi connectivity index (χ2n) is 5.93.